The summed E-state index contributed by atoms with van der Waals surface area (Å²) >= 11 is 0. The molecule has 0 spiro atoms. The molecule has 0 fully saturated rings. The van der Waals surface area contributed by atoms with Crippen LogP contribution in [0.15, 0.2) is 60.7 Å². The van der Waals surface area contributed by atoms with Crippen molar-refractivity contribution in [2.75, 3.05) is 11.9 Å². The van der Waals surface area contributed by atoms with Crippen LogP contribution in [-0.4, -0.2) is 33.0 Å². The van der Waals surface area contributed by atoms with Crippen LogP contribution in [-0.2, 0) is 21.5 Å². The third-order valence-corrected chi connectivity index (χ3v) is 5.50. The van der Waals surface area contributed by atoms with Crippen molar-refractivity contribution in [3.05, 3.63) is 77.5 Å². The van der Waals surface area contributed by atoms with Gasteiger partial charge >= 0.3 is 0 Å². The molecule has 0 bridgehead atoms. The smallest absolute Gasteiger partial charge is 0.245 e. The van der Waals surface area contributed by atoms with Crippen LogP contribution in [0.2, 0.25) is 0 Å². The van der Waals surface area contributed by atoms with E-state index in [1.54, 1.807) is 9.58 Å². The van der Waals surface area contributed by atoms with Gasteiger partial charge in [0.15, 0.2) is 0 Å². The summed E-state index contributed by atoms with van der Waals surface area (Å²) in [7, 11) is 0. The minimum absolute atomic E-state index is 0.0467. The van der Waals surface area contributed by atoms with Gasteiger partial charge in [-0.05, 0) is 24.6 Å². The lowest BCUT2D eigenvalue weighted by Crippen LogP contribution is -2.43. The Bertz CT molecular complexity index is 1130. The molecule has 0 radical (unpaired) electrons. The second-order valence-corrected chi connectivity index (χ2v) is 10.9. The monoisotopic (exact) mass is 460 g/mol. The van der Waals surface area contributed by atoms with Crippen LogP contribution in [0.5, 0.6) is 0 Å². The summed E-state index contributed by atoms with van der Waals surface area (Å²) in [6, 6.07) is 19.6. The third-order valence-electron chi connectivity index (χ3n) is 5.50. The summed E-state index contributed by atoms with van der Waals surface area (Å²) in [6.45, 7) is 14.2. The molecule has 3 aromatic rings. The standard InChI is InChI=1S/C28H36N4O2/c1-20-13-15-22(16-14-20)32-24(17-23(30-32)27(2,3)4)29-25(33)19-31(26(34)28(5,6)7)18-21-11-9-8-10-12-21/h8-17H,18-19H2,1-7H3,(H,29,33). The molecule has 1 N–H and O–H groups in total. The van der Waals surface area contributed by atoms with Crippen LogP contribution in [0.4, 0.5) is 5.82 Å². The summed E-state index contributed by atoms with van der Waals surface area (Å²) in [6.07, 6.45) is 0. The van der Waals surface area contributed by atoms with Crippen molar-refractivity contribution < 1.29 is 9.59 Å². The number of aromatic nitrogens is 2. The maximum atomic E-state index is 13.2. The molecule has 180 valence electrons. The molecule has 0 aliphatic carbocycles. The fourth-order valence-corrected chi connectivity index (χ4v) is 3.55. The van der Waals surface area contributed by atoms with Crippen molar-refractivity contribution in [1.82, 2.24) is 14.7 Å². The molecule has 2 aromatic carbocycles. The number of nitrogens with one attached hydrogen (secondary N) is 1. The van der Waals surface area contributed by atoms with E-state index in [1.807, 2.05) is 88.4 Å². The molecule has 0 aliphatic rings. The van der Waals surface area contributed by atoms with Crippen LogP contribution in [0.3, 0.4) is 0 Å². The maximum absolute atomic E-state index is 13.2. The zero-order valence-electron chi connectivity index (χ0n) is 21.3. The molecule has 2 amide bonds. The normalized spacial score (nSPS) is 11.9. The van der Waals surface area contributed by atoms with E-state index in [4.69, 9.17) is 5.10 Å². The van der Waals surface area contributed by atoms with Crippen LogP contribution in [0.25, 0.3) is 5.69 Å². The number of hydrogen-bond acceptors (Lipinski definition) is 3. The lowest BCUT2D eigenvalue weighted by Gasteiger charge is -2.29. The number of aryl methyl sites for hydroxylation is 1. The summed E-state index contributed by atoms with van der Waals surface area (Å²) in [4.78, 5) is 27.9. The van der Waals surface area contributed by atoms with Crippen molar-refractivity contribution in [3.8, 4) is 5.69 Å². The van der Waals surface area contributed by atoms with Gasteiger partial charge in [-0.3, -0.25) is 9.59 Å². The minimum atomic E-state index is -0.599. The van der Waals surface area contributed by atoms with Gasteiger partial charge < -0.3 is 10.2 Å². The molecule has 6 heteroatoms. The summed E-state index contributed by atoms with van der Waals surface area (Å²) in [5, 5.41) is 7.78. The van der Waals surface area contributed by atoms with Crippen LogP contribution < -0.4 is 5.32 Å². The number of hydrogen-bond donors (Lipinski definition) is 1. The van der Waals surface area contributed by atoms with Crippen molar-refractivity contribution in [2.24, 2.45) is 5.41 Å². The SMILES string of the molecule is Cc1ccc(-n2nc(C(C)(C)C)cc2NC(=O)CN(Cc2ccccc2)C(=O)C(C)(C)C)cc1. The number of benzene rings is 2. The highest BCUT2D eigenvalue weighted by atomic mass is 16.2. The molecule has 3 rings (SSSR count). The second-order valence-electron chi connectivity index (χ2n) is 10.9. The zero-order chi connectivity index (χ0) is 25.1. The van der Waals surface area contributed by atoms with Gasteiger partial charge in [0, 0.05) is 23.4 Å². The predicted molar refractivity (Wildman–Crippen MR) is 137 cm³/mol. The lowest BCUT2D eigenvalue weighted by molar-refractivity contribution is -0.142. The summed E-state index contributed by atoms with van der Waals surface area (Å²) < 4.78 is 1.75. The van der Waals surface area contributed by atoms with E-state index in [2.05, 4.69) is 26.1 Å². The number of carbonyl (C=O) groups is 2. The maximum Gasteiger partial charge on any atom is 0.245 e. The number of carbonyl (C=O) groups excluding carboxylic acids is 2. The average Bonchev–Trinajstić information content (AvgIpc) is 3.17. The van der Waals surface area contributed by atoms with Crippen molar-refractivity contribution in [2.45, 2.75) is 60.4 Å². The van der Waals surface area contributed by atoms with Crippen molar-refractivity contribution >= 4 is 17.6 Å². The minimum Gasteiger partial charge on any atom is -0.329 e. The molecule has 0 saturated heterocycles. The molecule has 1 aromatic heterocycles. The van der Waals surface area contributed by atoms with E-state index in [-0.39, 0.29) is 23.8 Å². The summed E-state index contributed by atoms with van der Waals surface area (Å²) in [5.41, 5.74) is 3.08. The summed E-state index contributed by atoms with van der Waals surface area (Å²) in [5.74, 6) is 0.248. The van der Waals surface area contributed by atoms with Gasteiger partial charge in [0.2, 0.25) is 11.8 Å². The van der Waals surface area contributed by atoms with E-state index >= 15 is 0 Å². The average molecular weight is 461 g/mol. The van der Waals surface area contributed by atoms with Gasteiger partial charge in [0.25, 0.3) is 0 Å². The highest BCUT2D eigenvalue weighted by Crippen LogP contribution is 2.27. The molecule has 0 atom stereocenters. The Morgan fingerprint density at radius 3 is 2.12 bits per heavy atom. The number of anilines is 1. The Hall–Kier alpha value is -3.41. The second kappa shape index (κ2) is 9.84. The predicted octanol–water partition coefficient (Wildman–Crippen LogP) is 5.49. The Morgan fingerprint density at radius 1 is 0.941 bits per heavy atom. The molecule has 1 heterocycles. The number of rotatable bonds is 6. The Morgan fingerprint density at radius 2 is 1.56 bits per heavy atom. The Kier molecular flexibility index (Phi) is 7.29. The third kappa shape index (κ3) is 6.34. The molecule has 6 nitrogen and oxygen atoms in total. The van der Waals surface area contributed by atoms with Gasteiger partial charge in [-0.1, -0.05) is 89.6 Å². The van der Waals surface area contributed by atoms with Crippen LogP contribution in [0, 0.1) is 12.3 Å². The Labute approximate surface area is 203 Å². The first-order valence-electron chi connectivity index (χ1n) is 11.7. The molecular weight excluding hydrogens is 424 g/mol. The number of amides is 2. The first-order chi connectivity index (χ1) is 15.8. The first kappa shape index (κ1) is 25.2. The molecule has 0 unspecified atom stereocenters. The van der Waals surface area contributed by atoms with Crippen molar-refractivity contribution in [1.29, 1.82) is 0 Å². The van der Waals surface area contributed by atoms with Gasteiger partial charge in [0.05, 0.1) is 11.4 Å². The lowest BCUT2D eigenvalue weighted by atomic mass is 9.92. The van der Waals surface area contributed by atoms with E-state index in [0.717, 1.165) is 22.5 Å². The van der Waals surface area contributed by atoms with Crippen LogP contribution in [0.1, 0.15) is 58.4 Å². The van der Waals surface area contributed by atoms with Gasteiger partial charge in [0.1, 0.15) is 12.4 Å². The fraction of sp³-hybridized carbons (Fsp3) is 0.393. The van der Waals surface area contributed by atoms with Gasteiger partial charge in [-0.2, -0.15) is 5.10 Å². The topological polar surface area (TPSA) is 67.2 Å². The highest BCUT2D eigenvalue weighted by molar-refractivity contribution is 5.95. The molecule has 0 aliphatic heterocycles. The number of nitrogens with zero attached hydrogens (tertiary/aromatic N) is 3. The van der Waals surface area contributed by atoms with E-state index in [1.165, 1.54) is 0 Å². The van der Waals surface area contributed by atoms with E-state index < -0.39 is 5.41 Å². The fourth-order valence-electron chi connectivity index (χ4n) is 3.55. The molecule has 34 heavy (non-hydrogen) atoms. The van der Waals surface area contributed by atoms with Crippen molar-refractivity contribution in [3.63, 3.8) is 0 Å². The zero-order valence-corrected chi connectivity index (χ0v) is 21.3. The van der Waals surface area contributed by atoms with Gasteiger partial charge in [-0.25, -0.2) is 4.68 Å². The molecular formula is C28H36N4O2. The molecule has 0 saturated carbocycles. The largest absolute Gasteiger partial charge is 0.329 e. The Balaban J connectivity index is 1.88. The van der Waals surface area contributed by atoms with E-state index in [0.29, 0.717) is 12.4 Å². The quantitative estimate of drug-likeness (QED) is 0.529. The van der Waals surface area contributed by atoms with E-state index in [9.17, 15) is 9.59 Å². The highest BCUT2D eigenvalue weighted by Gasteiger charge is 2.29. The van der Waals surface area contributed by atoms with Crippen LogP contribution >= 0.6 is 0 Å². The first-order valence-corrected chi connectivity index (χ1v) is 11.7. The van der Waals surface area contributed by atoms with Gasteiger partial charge in [-0.15, -0.1) is 0 Å².